The highest BCUT2D eigenvalue weighted by Gasteiger charge is 2.24. The average Bonchev–Trinajstić information content (AvgIpc) is 2.29. The summed E-state index contributed by atoms with van der Waals surface area (Å²) in [6, 6.07) is 8.11. The molecule has 1 saturated heterocycles. The first-order chi connectivity index (χ1) is 7.98. The molecule has 1 heterocycles. The van der Waals surface area contributed by atoms with Crippen LogP contribution in [0.2, 0.25) is 0 Å². The maximum Gasteiger partial charge on any atom is 0.277 e. The SMILES string of the molecule is Cc1ccccc1N1CCN(S(N)(=O)=O)CC1. The van der Waals surface area contributed by atoms with Crippen LogP contribution in [0.1, 0.15) is 5.56 Å². The van der Waals surface area contributed by atoms with E-state index in [2.05, 4.69) is 24.0 Å². The molecule has 1 fully saturated rings. The number of nitrogens with zero attached hydrogens (tertiary/aromatic N) is 2. The molecule has 2 rings (SSSR count). The first-order valence-electron chi connectivity index (χ1n) is 5.57. The van der Waals surface area contributed by atoms with Crippen LogP contribution in [-0.4, -0.2) is 38.9 Å². The Morgan fingerprint density at radius 1 is 1.12 bits per heavy atom. The minimum Gasteiger partial charge on any atom is -0.369 e. The van der Waals surface area contributed by atoms with Crippen LogP contribution in [0.25, 0.3) is 0 Å². The highest BCUT2D eigenvalue weighted by atomic mass is 32.2. The first-order valence-corrected chi connectivity index (χ1v) is 7.07. The Labute approximate surface area is 102 Å². The number of rotatable bonds is 2. The third kappa shape index (κ3) is 2.77. The van der Waals surface area contributed by atoms with E-state index in [0.717, 1.165) is 0 Å². The van der Waals surface area contributed by atoms with Gasteiger partial charge in [0.05, 0.1) is 0 Å². The van der Waals surface area contributed by atoms with Crippen LogP contribution < -0.4 is 10.0 Å². The Morgan fingerprint density at radius 3 is 2.24 bits per heavy atom. The smallest absolute Gasteiger partial charge is 0.277 e. The molecule has 94 valence electrons. The molecule has 0 aromatic heterocycles. The van der Waals surface area contributed by atoms with Gasteiger partial charge in [0, 0.05) is 31.9 Å². The summed E-state index contributed by atoms with van der Waals surface area (Å²) in [6.07, 6.45) is 0. The molecule has 1 aliphatic rings. The lowest BCUT2D eigenvalue weighted by molar-refractivity contribution is 0.385. The lowest BCUT2D eigenvalue weighted by Gasteiger charge is -2.35. The van der Waals surface area contributed by atoms with Crippen molar-refractivity contribution >= 4 is 15.9 Å². The van der Waals surface area contributed by atoms with E-state index in [-0.39, 0.29) is 0 Å². The zero-order valence-electron chi connectivity index (χ0n) is 9.83. The molecule has 1 aromatic rings. The van der Waals surface area contributed by atoms with Crippen LogP contribution in [0.5, 0.6) is 0 Å². The highest BCUT2D eigenvalue weighted by molar-refractivity contribution is 7.86. The maximum absolute atomic E-state index is 11.2. The largest absolute Gasteiger partial charge is 0.369 e. The standard InChI is InChI=1S/C11H17N3O2S/c1-10-4-2-3-5-11(10)13-6-8-14(9-7-13)17(12,15)16/h2-5H,6-9H2,1H3,(H2,12,15,16). The van der Waals surface area contributed by atoms with Crippen molar-refractivity contribution in [3.8, 4) is 0 Å². The number of benzene rings is 1. The topological polar surface area (TPSA) is 66.6 Å². The van der Waals surface area contributed by atoms with Crippen LogP contribution in [0.4, 0.5) is 5.69 Å². The summed E-state index contributed by atoms with van der Waals surface area (Å²) in [5, 5.41) is 5.10. The number of nitrogens with two attached hydrogens (primary N) is 1. The van der Waals surface area contributed by atoms with Gasteiger partial charge in [0.25, 0.3) is 10.2 Å². The molecule has 0 unspecified atom stereocenters. The van der Waals surface area contributed by atoms with E-state index in [1.807, 2.05) is 12.1 Å². The molecule has 2 N–H and O–H groups in total. The molecule has 0 atom stereocenters. The summed E-state index contributed by atoms with van der Waals surface area (Å²) in [7, 11) is -3.53. The van der Waals surface area contributed by atoms with E-state index in [1.54, 1.807) is 0 Å². The summed E-state index contributed by atoms with van der Waals surface area (Å²) < 4.78 is 23.7. The van der Waals surface area contributed by atoms with Crippen molar-refractivity contribution in [2.75, 3.05) is 31.1 Å². The molecule has 1 aromatic carbocycles. The van der Waals surface area contributed by atoms with Crippen molar-refractivity contribution in [2.45, 2.75) is 6.92 Å². The second kappa shape index (κ2) is 4.64. The minimum atomic E-state index is -3.53. The normalized spacial score (nSPS) is 18.4. The number of piperazine rings is 1. The molecule has 0 bridgehead atoms. The fraction of sp³-hybridized carbons (Fsp3) is 0.455. The molecule has 1 aliphatic heterocycles. The van der Waals surface area contributed by atoms with Crippen molar-refractivity contribution in [2.24, 2.45) is 5.14 Å². The van der Waals surface area contributed by atoms with Crippen LogP contribution >= 0.6 is 0 Å². The number of hydrogen-bond acceptors (Lipinski definition) is 3. The predicted octanol–water partition coefficient (Wildman–Crippen LogP) is 0.321. The fourth-order valence-corrected chi connectivity index (χ4v) is 2.77. The van der Waals surface area contributed by atoms with Crippen molar-refractivity contribution in [1.29, 1.82) is 0 Å². The van der Waals surface area contributed by atoms with Crippen molar-refractivity contribution < 1.29 is 8.42 Å². The van der Waals surface area contributed by atoms with Crippen molar-refractivity contribution in [1.82, 2.24) is 4.31 Å². The van der Waals surface area contributed by atoms with Gasteiger partial charge in [-0.1, -0.05) is 18.2 Å². The summed E-state index contributed by atoms with van der Waals surface area (Å²) >= 11 is 0. The van der Waals surface area contributed by atoms with E-state index in [9.17, 15) is 8.42 Å². The predicted molar refractivity (Wildman–Crippen MR) is 68.1 cm³/mol. The van der Waals surface area contributed by atoms with Gasteiger partial charge < -0.3 is 4.90 Å². The number of para-hydroxylation sites is 1. The van der Waals surface area contributed by atoms with E-state index in [0.29, 0.717) is 26.2 Å². The van der Waals surface area contributed by atoms with Crippen molar-refractivity contribution in [3.05, 3.63) is 29.8 Å². The Balaban J connectivity index is 2.08. The van der Waals surface area contributed by atoms with E-state index in [4.69, 9.17) is 5.14 Å². The van der Waals surface area contributed by atoms with Gasteiger partial charge in [-0.25, -0.2) is 5.14 Å². The Kier molecular flexibility index (Phi) is 3.37. The van der Waals surface area contributed by atoms with Crippen LogP contribution in [0.15, 0.2) is 24.3 Å². The average molecular weight is 255 g/mol. The Bertz CT molecular complexity index is 493. The first kappa shape index (κ1) is 12.3. The lowest BCUT2D eigenvalue weighted by atomic mass is 10.1. The molecule has 6 heteroatoms. The molecule has 5 nitrogen and oxygen atoms in total. The zero-order chi connectivity index (χ0) is 12.5. The maximum atomic E-state index is 11.2. The monoisotopic (exact) mass is 255 g/mol. The number of aryl methyl sites for hydroxylation is 1. The van der Waals surface area contributed by atoms with Gasteiger partial charge in [0.2, 0.25) is 0 Å². The molecular formula is C11H17N3O2S. The van der Waals surface area contributed by atoms with Gasteiger partial charge in [-0.3, -0.25) is 0 Å². The number of hydrogen-bond donors (Lipinski definition) is 1. The van der Waals surface area contributed by atoms with E-state index in [1.165, 1.54) is 15.6 Å². The van der Waals surface area contributed by atoms with Crippen LogP contribution in [0.3, 0.4) is 0 Å². The lowest BCUT2D eigenvalue weighted by Crippen LogP contribution is -2.50. The second-order valence-electron chi connectivity index (χ2n) is 4.22. The van der Waals surface area contributed by atoms with Gasteiger partial charge in [-0.05, 0) is 18.6 Å². The fourth-order valence-electron chi connectivity index (χ4n) is 2.10. The van der Waals surface area contributed by atoms with Gasteiger partial charge in [-0.2, -0.15) is 12.7 Å². The summed E-state index contributed by atoms with van der Waals surface area (Å²) in [6.45, 7) is 4.32. The quantitative estimate of drug-likeness (QED) is 0.827. The zero-order valence-corrected chi connectivity index (χ0v) is 10.7. The van der Waals surface area contributed by atoms with Gasteiger partial charge in [0.1, 0.15) is 0 Å². The molecule has 17 heavy (non-hydrogen) atoms. The molecule has 0 amide bonds. The van der Waals surface area contributed by atoms with Crippen LogP contribution in [0, 0.1) is 6.92 Å². The summed E-state index contributed by atoms with van der Waals surface area (Å²) in [4.78, 5) is 2.19. The van der Waals surface area contributed by atoms with Crippen LogP contribution in [-0.2, 0) is 10.2 Å². The molecule has 0 aliphatic carbocycles. The van der Waals surface area contributed by atoms with Gasteiger partial charge in [0.15, 0.2) is 0 Å². The number of anilines is 1. The van der Waals surface area contributed by atoms with E-state index < -0.39 is 10.2 Å². The summed E-state index contributed by atoms with van der Waals surface area (Å²) in [5.74, 6) is 0. The Hall–Kier alpha value is -1.11. The third-order valence-corrected chi connectivity index (χ3v) is 4.14. The Morgan fingerprint density at radius 2 is 1.71 bits per heavy atom. The summed E-state index contributed by atoms with van der Waals surface area (Å²) in [5.41, 5.74) is 2.37. The van der Waals surface area contributed by atoms with Gasteiger partial charge >= 0.3 is 0 Å². The highest BCUT2D eigenvalue weighted by Crippen LogP contribution is 2.20. The van der Waals surface area contributed by atoms with E-state index >= 15 is 0 Å². The molecule has 0 spiro atoms. The molecule has 0 saturated carbocycles. The molecular weight excluding hydrogens is 238 g/mol. The molecule has 0 radical (unpaired) electrons. The van der Waals surface area contributed by atoms with Gasteiger partial charge in [-0.15, -0.1) is 0 Å². The minimum absolute atomic E-state index is 0.452. The van der Waals surface area contributed by atoms with Crippen molar-refractivity contribution in [3.63, 3.8) is 0 Å². The second-order valence-corrected chi connectivity index (χ2v) is 5.76. The third-order valence-electron chi connectivity index (χ3n) is 3.05.